The second-order valence-electron chi connectivity index (χ2n) is 5.27. The molecule has 21 heavy (non-hydrogen) atoms. The van der Waals surface area contributed by atoms with Gasteiger partial charge in [0.05, 0.1) is 16.6 Å². The van der Waals surface area contributed by atoms with Crippen molar-refractivity contribution in [3.05, 3.63) is 29.3 Å². The molecule has 3 N–H and O–H groups in total. The number of rotatable bonds is 2. The third-order valence-electron chi connectivity index (χ3n) is 3.78. The van der Waals surface area contributed by atoms with Crippen LogP contribution >= 0.6 is 0 Å². The predicted molar refractivity (Wildman–Crippen MR) is 70.0 cm³/mol. The van der Waals surface area contributed by atoms with Crippen LogP contribution in [0.1, 0.15) is 42.7 Å². The zero-order chi connectivity index (χ0) is 15.8. The molecule has 0 heterocycles. The summed E-state index contributed by atoms with van der Waals surface area (Å²) >= 11 is 0. The van der Waals surface area contributed by atoms with E-state index in [2.05, 4.69) is 0 Å². The lowest BCUT2D eigenvalue weighted by Gasteiger charge is -2.28. The molecule has 0 saturated heterocycles. The van der Waals surface area contributed by atoms with Crippen LogP contribution < -0.4 is 5.14 Å². The van der Waals surface area contributed by atoms with E-state index in [1.54, 1.807) is 0 Å². The molecular weight excluding hydrogens is 307 g/mol. The van der Waals surface area contributed by atoms with Gasteiger partial charge >= 0.3 is 6.18 Å². The summed E-state index contributed by atoms with van der Waals surface area (Å²) in [6, 6.07) is 3.44. The molecule has 8 heteroatoms. The minimum Gasteiger partial charge on any atom is -0.393 e. The number of sulfonamides is 1. The number of aliphatic hydroxyl groups is 1. The van der Waals surface area contributed by atoms with Crippen LogP contribution in [0.3, 0.4) is 0 Å². The average molecular weight is 323 g/mol. The Morgan fingerprint density at radius 3 is 2.19 bits per heavy atom. The maximum absolute atomic E-state index is 13.3. The van der Waals surface area contributed by atoms with E-state index in [4.69, 9.17) is 5.14 Å². The molecule has 1 aromatic carbocycles. The highest BCUT2D eigenvalue weighted by molar-refractivity contribution is 7.89. The lowest BCUT2D eigenvalue weighted by atomic mass is 9.81. The first-order valence-corrected chi connectivity index (χ1v) is 8.06. The van der Waals surface area contributed by atoms with Crippen molar-refractivity contribution in [1.82, 2.24) is 0 Å². The summed E-state index contributed by atoms with van der Waals surface area (Å²) in [5.41, 5.74) is -1.23. The lowest BCUT2D eigenvalue weighted by molar-refractivity contribution is -0.140. The molecule has 0 bridgehead atoms. The second kappa shape index (κ2) is 5.58. The minimum absolute atomic E-state index is 0.0547. The topological polar surface area (TPSA) is 80.4 Å². The molecule has 1 aliphatic rings. The van der Waals surface area contributed by atoms with E-state index in [1.807, 2.05) is 0 Å². The molecule has 0 radical (unpaired) electrons. The monoisotopic (exact) mass is 323 g/mol. The number of hydrogen-bond donors (Lipinski definition) is 2. The van der Waals surface area contributed by atoms with Gasteiger partial charge in [-0.05, 0) is 43.2 Å². The van der Waals surface area contributed by atoms with Crippen LogP contribution in [0.2, 0.25) is 0 Å². The van der Waals surface area contributed by atoms with Gasteiger partial charge in [0.2, 0.25) is 10.0 Å². The highest BCUT2D eigenvalue weighted by Crippen LogP contribution is 2.43. The summed E-state index contributed by atoms with van der Waals surface area (Å²) < 4.78 is 62.8. The summed E-state index contributed by atoms with van der Waals surface area (Å²) in [6.07, 6.45) is -3.72. The van der Waals surface area contributed by atoms with Crippen LogP contribution in [0, 0.1) is 0 Å². The number of aliphatic hydroxyl groups excluding tert-OH is 1. The van der Waals surface area contributed by atoms with E-state index in [1.165, 1.54) is 12.1 Å². The van der Waals surface area contributed by atoms with Gasteiger partial charge in [-0.15, -0.1) is 0 Å². The first-order valence-electron chi connectivity index (χ1n) is 6.51. The Morgan fingerprint density at radius 2 is 1.71 bits per heavy atom. The molecule has 1 aromatic rings. The largest absolute Gasteiger partial charge is 0.417 e. The molecule has 4 nitrogen and oxygen atoms in total. The smallest absolute Gasteiger partial charge is 0.393 e. The van der Waals surface area contributed by atoms with Crippen LogP contribution in [0.25, 0.3) is 0 Å². The summed E-state index contributed by atoms with van der Waals surface area (Å²) in [5.74, 6) is -0.424. The number of halogens is 3. The van der Waals surface area contributed by atoms with Gasteiger partial charge in [0.25, 0.3) is 0 Å². The van der Waals surface area contributed by atoms with E-state index in [0.29, 0.717) is 25.7 Å². The van der Waals surface area contributed by atoms with Crippen molar-refractivity contribution >= 4 is 10.0 Å². The number of benzene rings is 1. The van der Waals surface area contributed by atoms with E-state index in [-0.39, 0.29) is 5.56 Å². The highest BCUT2D eigenvalue weighted by Gasteiger charge is 2.40. The highest BCUT2D eigenvalue weighted by atomic mass is 32.2. The van der Waals surface area contributed by atoms with E-state index in [0.717, 1.165) is 6.07 Å². The first-order chi connectivity index (χ1) is 9.60. The third-order valence-corrected chi connectivity index (χ3v) is 4.74. The van der Waals surface area contributed by atoms with Gasteiger partial charge in [-0.2, -0.15) is 13.2 Å². The number of primary sulfonamides is 1. The molecule has 0 aromatic heterocycles. The van der Waals surface area contributed by atoms with Gasteiger partial charge in [0.1, 0.15) is 0 Å². The number of alkyl halides is 3. The number of nitrogens with two attached hydrogens (primary N) is 1. The zero-order valence-corrected chi connectivity index (χ0v) is 11.9. The fourth-order valence-corrected chi connectivity index (χ4v) is 3.60. The SMILES string of the molecule is NS(=O)(=O)c1cccc(C2CCC(O)CC2)c1C(F)(F)F. The van der Waals surface area contributed by atoms with E-state index < -0.39 is 38.7 Å². The summed E-state index contributed by atoms with van der Waals surface area (Å²) in [7, 11) is -4.46. The lowest BCUT2D eigenvalue weighted by Crippen LogP contribution is -2.24. The van der Waals surface area contributed by atoms with Crippen molar-refractivity contribution in [3.8, 4) is 0 Å². The van der Waals surface area contributed by atoms with Crippen molar-refractivity contribution in [2.24, 2.45) is 5.14 Å². The van der Waals surface area contributed by atoms with Crippen molar-refractivity contribution in [3.63, 3.8) is 0 Å². The predicted octanol–water partition coefficient (Wildman–Crippen LogP) is 2.37. The van der Waals surface area contributed by atoms with Gasteiger partial charge in [-0.1, -0.05) is 12.1 Å². The molecule has 118 valence electrons. The maximum Gasteiger partial charge on any atom is 0.417 e. The van der Waals surface area contributed by atoms with Crippen molar-refractivity contribution in [2.45, 2.75) is 48.8 Å². The molecule has 2 rings (SSSR count). The fraction of sp³-hybridized carbons (Fsp3) is 0.538. The van der Waals surface area contributed by atoms with Gasteiger partial charge in [-0.25, -0.2) is 13.6 Å². The van der Waals surface area contributed by atoms with Crippen LogP contribution in [-0.4, -0.2) is 19.6 Å². The Labute approximate surface area is 120 Å². The Bertz CT molecular complexity index is 620. The van der Waals surface area contributed by atoms with Crippen LogP contribution in [0.5, 0.6) is 0 Å². The van der Waals surface area contributed by atoms with E-state index >= 15 is 0 Å². The van der Waals surface area contributed by atoms with Gasteiger partial charge in [0, 0.05) is 0 Å². The van der Waals surface area contributed by atoms with Crippen LogP contribution in [0.15, 0.2) is 23.1 Å². The summed E-state index contributed by atoms with van der Waals surface area (Å²) in [6.45, 7) is 0. The molecular formula is C13H16F3NO3S. The van der Waals surface area contributed by atoms with E-state index in [9.17, 15) is 26.7 Å². The molecule has 0 unspecified atom stereocenters. The minimum atomic E-state index is -4.80. The Kier molecular flexibility index (Phi) is 4.32. The third kappa shape index (κ3) is 3.56. The fourth-order valence-electron chi connectivity index (χ4n) is 2.82. The number of hydrogen-bond acceptors (Lipinski definition) is 3. The van der Waals surface area contributed by atoms with Gasteiger partial charge in [0.15, 0.2) is 0 Å². The Hall–Kier alpha value is -1.12. The molecule has 0 aliphatic heterocycles. The van der Waals surface area contributed by atoms with Crippen molar-refractivity contribution < 1.29 is 26.7 Å². The molecule has 1 aliphatic carbocycles. The first kappa shape index (κ1) is 16.3. The Balaban J connectivity index is 2.56. The standard InChI is InChI=1S/C13H16F3NO3S/c14-13(15,16)12-10(8-4-6-9(18)7-5-8)2-1-3-11(12)21(17,19)20/h1-3,8-9,18H,4-7H2,(H2,17,19,20). The summed E-state index contributed by atoms with van der Waals surface area (Å²) in [4.78, 5) is -0.890. The maximum atomic E-state index is 13.3. The molecule has 0 spiro atoms. The van der Waals surface area contributed by atoms with Crippen LogP contribution in [0.4, 0.5) is 13.2 Å². The quantitative estimate of drug-likeness (QED) is 0.877. The average Bonchev–Trinajstić information content (AvgIpc) is 2.36. The van der Waals surface area contributed by atoms with Gasteiger partial charge < -0.3 is 5.11 Å². The molecule has 0 atom stereocenters. The van der Waals surface area contributed by atoms with Gasteiger partial charge in [-0.3, -0.25) is 0 Å². The zero-order valence-electron chi connectivity index (χ0n) is 11.1. The molecule has 1 fully saturated rings. The van der Waals surface area contributed by atoms with Crippen LogP contribution in [-0.2, 0) is 16.2 Å². The van der Waals surface area contributed by atoms with Crippen molar-refractivity contribution in [2.75, 3.05) is 0 Å². The Morgan fingerprint density at radius 1 is 1.14 bits per heavy atom. The van der Waals surface area contributed by atoms with Crippen molar-refractivity contribution in [1.29, 1.82) is 0 Å². The second-order valence-corrected chi connectivity index (χ2v) is 6.80. The molecule has 1 saturated carbocycles. The summed E-state index contributed by atoms with van der Waals surface area (Å²) in [5, 5.41) is 14.4. The molecule has 0 amide bonds. The normalized spacial score (nSPS) is 24.0.